The normalized spacial score (nSPS) is 19.2. The molecule has 6 rings (SSSR count). The van der Waals surface area contributed by atoms with E-state index in [4.69, 9.17) is 4.98 Å². The molecule has 1 N–H and O–H groups in total. The van der Waals surface area contributed by atoms with Gasteiger partial charge in [0.15, 0.2) is 5.82 Å². The van der Waals surface area contributed by atoms with Crippen LogP contribution in [0.3, 0.4) is 0 Å². The molecule has 4 heterocycles. The number of benzene rings is 2. The number of rotatable bonds is 4. The Hall–Kier alpha value is -3.72. The minimum absolute atomic E-state index is 0.00201. The van der Waals surface area contributed by atoms with Gasteiger partial charge in [-0.3, -0.25) is 9.59 Å². The maximum atomic E-state index is 13.4. The Balaban J connectivity index is 1.18. The number of anilines is 2. The lowest BCUT2D eigenvalue weighted by atomic mass is 9.86. The third-order valence-corrected chi connectivity index (χ3v) is 8.22. The number of thiazole rings is 1. The predicted molar refractivity (Wildman–Crippen MR) is 142 cm³/mol. The third-order valence-electron chi connectivity index (χ3n) is 7.34. The number of piperazine rings is 1. The lowest BCUT2D eigenvalue weighted by Gasteiger charge is -2.41. The zero-order valence-corrected chi connectivity index (χ0v) is 21.4. The second-order valence-electron chi connectivity index (χ2n) is 10.0. The van der Waals surface area contributed by atoms with Crippen molar-refractivity contribution in [3.8, 4) is 11.5 Å². The Kier molecular flexibility index (Phi) is 5.33. The number of carbonyl (C=O) groups is 2. The fraction of sp³-hybridized carbons (Fsp3) is 0.333. The summed E-state index contributed by atoms with van der Waals surface area (Å²) in [5, 5.41) is 1.05. The lowest BCUT2D eigenvalue weighted by Crippen LogP contribution is -2.56. The van der Waals surface area contributed by atoms with E-state index >= 15 is 0 Å². The summed E-state index contributed by atoms with van der Waals surface area (Å²) >= 11 is 1.59. The number of hydrogen-bond donors (Lipinski definition) is 1. The summed E-state index contributed by atoms with van der Waals surface area (Å²) in [6.45, 7) is 7.96. The van der Waals surface area contributed by atoms with Crippen LogP contribution in [-0.4, -0.2) is 63.9 Å². The molecule has 8 nitrogen and oxygen atoms in total. The van der Waals surface area contributed by atoms with Gasteiger partial charge in [0.1, 0.15) is 17.2 Å². The summed E-state index contributed by atoms with van der Waals surface area (Å²) in [5.74, 6) is 0.709. The number of carbonyl (C=O) groups excluding carboxylic acids is 2. The maximum absolute atomic E-state index is 13.4. The number of nitrogens with zero attached hydrogens (tertiary/aromatic N) is 5. The Morgan fingerprint density at radius 1 is 1.14 bits per heavy atom. The number of nitrogens with one attached hydrogen (secondary N) is 1. The lowest BCUT2D eigenvalue weighted by molar-refractivity contribution is -0.133. The first-order valence-electron chi connectivity index (χ1n) is 12.2. The standard InChI is InChI=1S/C27H28N6O2S/c1-17-14-31(25-23(28-16-36-25)24-29-19-9-5-6-10-20(19)30-24)12-13-32(17)22(34)15-33-21-11-7-4-8-18(21)27(2,3)26(33)35/h4-11,16-17H,12-15H2,1-3H3,(H,29,30). The van der Waals surface area contributed by atoms with E-state index in [0.717, 1.165) is 38.8 Å². The van der Waals surface area contributed by atoms with Crippen LogP contribution in [0.1, 0.15) is 26.3 Å². The summed E-state index contributed by atoms with van der Waals surface area (Å²) in [6.07, 6.45) is 0. The Labute approximate surface area is 213 Å². The molecule has 1 fully saturated rings. The molecule has 0 aliphatic carbocycles. The van der Waals surface area contributed by atoms with Gasteiger partial charge in [-0.15, -0.1) is 11.3 Å². The second-order valence-corrected chi connectivity index (χ2v) is 10.9. The molecule has 0 radical (unpaired) electrons. The van der Waals surface area contributed by atoms with E-state index in [0.29, 0.717) is 19.6 Å². The molecule has 0 spiro atoms. The molecule has 0 bridgehead atoms. The number of H-pyrrole nitrogens is 1. The number of imidazole rings is 1. The average molecular weight is 501 g/mol. The third kappa shape index (κ3) is 3.57. The van der Waals surface area contributed by atoms with Crippen molar-refractivity contribution in [1.29, 1.82) is 0 Å². The molecule has 2 aliphatic heterocycles. The molecule has 36 heavy (non-hydrogen) atoms. The van der Waals surface area contributed by atoms with E-state index in [9.17, 15) is 9.59 Å². The molecular weight excluding hydrogens is 472 g/mol. The number of aromatic amines is 1. The van der Waals surface area contributed by atoms with Crippen LogP contribution in [0.4, 0.5) is 10.7 Å². The Bertz CT molecular complexity index is 1440. The number of hydrogen-bond acceptors (Lipinski definition) is 6. The van der Waals surface area contributed by atoms with Crippen LogP contribution in [-0.2, 0) is 15.0 Å². The first kappa shape index (κ1) is 22.7. The van der Waals surface area contributed by atoms with Crippen LogP contribution in [0.5, 0.6) is 0 Å². The number of amides is 2. The van der Waals surface area contributed by atoms with Crippen molar-refractivity contribution in [2.24, 2.45) is 0 Å². The van der Waals surface area contributed by atoms with Gasteiger partial charge in [-0.2, -0.15) is 0 Å². The van der Waals surface area contributed by atoms with Gasteiger partial charge >= 0.3 is 0 Å². The Morgan fingerprint density at radius 3 is 2.72 bits per heavy atom. The van der Waals surface area contributed by atoms with Gasteiger partial charge in [-0.1, -0.05) is 30.3 Å². The van der Waals surface area contributed by atoms with Crippen LogP contribution in [0, 0.1) is 0 Å². The first-order valence-corrected chi connectivity index (χ1v) is 13.1. The van der Waals surface area contributed by atoms with Crippen molar-refractivity contribution >= 4 is 44.9 Å². The van der Waals surface area contributed by atoms with Crippen LogP contribution < -0.4 is 9.80 Å². The highest BCUT2D eigenvalue weighted by Crippen LogP contribution is 2.41. The maximum Gasteiger partial charge on any atom is 0.243 e. The highest BCUT2D eigenvalue weighted by atomic mass is 32.1. The molecule has 2 amide bonds. The largest absolute Gasteiger partial charge is 0.358 e. The van der Waals surface area contributed by atoms with Crippen molar-refractivity contribution in [2.45, 2.75) is 32.2 Å². The topological polar surface area (TPSA) is 85.4 Å². The van der Waals surface area contributed by atoms with Crippen LogP contribution in [0.15, 0.2) is 54.0 Å². The fourth-order valence-electron chi connectivity index (χ4n) is 5.39. The highest BCUT2D eigenvalue weighted by molar-refractivity contribution is 7.14. The molecule has 0 saturated carbocycles. The number of fused-ring (bicyclic) bond motifs is 2. The van der Waals surface area contributed by atoms with E-state index in [1.54, 1.807) is 16.2 Å². The molecule has 1 atom stereocenters. The van der Waals surface area contributed by atoms with Crippen molar-refractivity contribution < 1.29 is 9.59 Å². The van der Waals surface area contributed by atoms with Gasteiger partial charge in [-0.25, -0.2) is 9.97 Å². The van der Waals surface area contributed by atoms with Crippen molar-refractivity contribution in [2.75, 3.05) is 36.0 Å². The monoisotopic (exact) mass is 500 g/mol. The van der Waals surface area contributed by atoms with Crippen LogP contribution >= 0.6 is 11.3 Å². The molecule has 2 aromatic carbocycles. The zero-order chi connectivity index (χ0) is 25.0. The molecule has 2 aliphatic rings. The van der Waals surface area contributed by atoms with E-state index in [1.165, 1.54) is 0 Å². The minimum Gasteiger partial charge on any atom is -0.358 e. The SMILES string of the molecule is CC1CN(c2scnc2-c2nc3ccccc3[nH]2)CCN1C(=O)CN1C(=O)C(C)(C)c2ccccc21. The summed E-state index contributed by atoms with van der Waals surface area (Å²) in [5.41, 5.74) is 5.77. The number of aromatic nitrogens is 3. The molecule has 9 heteroatoms. The fourth-order valence-corrected chi connectivity index (χ4v) is 6.22. The van der Waals surface area contributed by atoms with Crippen LogP contribution in [0.25, 0.3) is 22.6 Å². The molecular formula is C27H28N6O2S. The van der Waals surface area contributed by atoms with Gasteiger partial charge in [0, 0.05) is 31.4 Å². The second kappa shape index (κ2) is 8.44. The summed E-state index contributed by atoms with van der Waals surface area (Å²) in [6, 6.07) is 15.7. The molecule has 4 aromatic rings. The molecule has 1 saturated heterocycles. The quantitative estimate of drug-likeness (QED) is 0.457. The molecule has 1 unspecified atom stereocenters. The average Bonchev–Trinajstić information content (AvgIpc) is 3.57. The summed E-state index contributed by atoms with van der Waals surface area (Å²) in [7, 11) is 0. The van der Waals surface area contributed by atoms with E-state index in [-0.39, 0.29) is 24.4 Å². The van der Waals surface area contributed by atoms with Gasteiger partial charge in [-0.05, 0) is 44.5 Å². The van der Waals surface area contributed by atoms with Crippen LogP contribution in [0.2, 0.25) is 0 Å². The predicted octanol–water partition coefficient (Wildman–Crippen LogP) is 4.05. The van der Waals surface area contributed by atoms with E-state index in [2.05, 4.69) is 21.8 Å². The summed E-state index contributed by atoms with van der Waals surface area (Å²) < 4.78 is 0. The van der Waals surface area contributed by atoms with Crippen molar-refractivity contribution in [3.05, 3.63) is 59.6 Å². The van der Waals surface area contributed by atoms with Gasteiger partial charge in [0.05, 0.1) is 22.0 Å². The Morgan fingerprint density at radius 2 is 1.92 bits per heavy atom. The van der Waals surface area contributed by atoms with Gasteiger partial charge < -0.3 is 19.7 Å². The van der Waals surface area contributed by atoms with Crippen molar-refractivity contribution in [1.82, 2.24) is 19.9 Å². The molecule has 2 aromatic heterocycles. The van der Waals surface area contributed by atoms with E-state index in [1.807, 2.05) is 72.8 Å². The summed E-state index contributed by atoms with van der Waals surface area (Å²) in [4.78, 5) is 45.1. The van der Waals surface area contributed by atoms with Gasteiger partial charge in [0.2, 0.25) is 11.8 Å². The minimum atomic E-state index is -0.625. The molecule has 184 valence electrons. The smallest absolute Gasteiger partial charge is 0.243 e. The zero-order valence-electron chi connectivity index (χ0n) is 20.6. The van der Waals surface area contributed by atoms with Crippen molar-refractivity contribution in [3.63, 3.8) is 0 Å². The highest BCUT2D eigenvalue weighted by Gasteiger charge is 2.45. The first-order chi connectivity index (χ1) is 17.3. The van der Waals surface area contributed by atoms with Gasteiger partial charge in [0.25, 0.3) is 0 Å². The van der Waals surface area contributed by atoms with E-state index < -0.39 is 5.41 Å². The number of para-hydroxylation sites is 3.